The summed E-state index contributed by atoms with van der Waals surface area (Å²) in [5.41, 5.74) is 0.572. The molecule has 4 N–H and O–H groups in total. The highest BCUT2D eigenvalue weighted by molar-refractivity contribution is 5.94. The Morgan fingerprint density at radius 3 is 2.52 bits per heavy atom. The van der Waals surface area contributed by atoms with Gasteiger partial charge < -0.3 is 20.6 Å². The van der Waals surface area contributed by atoms with Crippen LogP contribution in [0.3, 0.4) is 0 Å². The standard InChI is InChI=1S/C14H15NO6/c16-10-3-1-2-9(8-10)4-6-12(17)15-11(14(20)21)5-7-13(18)19/h1-4,6,8,11,16H,5,7H2,(H,15,17)(H,18,19)(H,20,21)/b6-4+/t11-/m0/s1. The summed E-state index contributed by atoms with van der Waals surface area (Å²) in [5, 5.41) is 28.9. The molecule has 0 spiro atoms. The minimum atomic E-state index is -1.30. The van der Waals surface area contributed by atoms with E-state index in [4.69, 9.17) is 10.2 Å². The van der Waals surface area contributed by atoms with Crippen molar-refractivity contribution in [1.82, 2.24) is 5.32 Å². The summed E-state index contributed by atoms with van der Waals surface area (Å²) in [5.74, 6) is -3.04. The molecule has 7 heteroatoms. The fraction of sp³-hybridized carbons (Fsp3) is 0.214. The molecule has 0 aliphatic carbocycles. The largest absolute Gasteiger partial charge is 0.508 e. The lowest BCUT2D eigenvalue weighted by Crippen LogP contribution is -2.40. The smallest absolute Gasteiger partial charge is 0.326 e. The van der Waals surface area contributed by atoms with Crippen LogP contribution >= 0.6 is 0 Å². The molecular weight excluding hydrogens is 278 g/mol. The Morgan fingerprint density at radius 2 is 1.95 bits per heavy atom. The number of aromatic hydroxyl groups is 1. The summed E-state index contributed by atoms with van der Waals surface area (Å²) in [4.78, 5) is 32.9. The van der Waals surface area contributed by atoms with E-state index >= 15 is 0 Å². The number of amides is 1. The number of carbonyl (C=O) groups is 3. The lowest BCUT2D eigenvalue weighted by atomic mass is 10.1. The van der Waals surface area contributed by atoms with Crippen LogP contribution in [0.1, 0.15) is 18.4 Å². The topological polar surface area (TPSA) is 124 Å². The molecule has 1 aromatic rings. The van der Waals surface area contributed by atoms with Crippen molar-refractivity contribution in [3.05, 3.63) is 35.9 Å². The Morgan fingerprint density at radius 1 is 1.24 bits per heavy atom. The quantitative estimate of drug-likeness (QED) is 0.552. The molecule has 112 valence electrons. The number of aliphatic carboxylic acids is 2. The first kappa shape index (κ1) is 16.2. The Labute approximate surface area is 120 Å². The molecule has 21 heavy (non-hydrogen) atoms. The van der Waals surface area contributed by atoms with Crippen LogP contribution < -0.4 is 5.32 Å². The average Bonchev–Trinajstić information content (AvgIpc) is 2.40. The predicted octanol–water partition coefficient (Wildman–Crippen LogP) is 0.840. The van der Waals surface area contributed by atoms with Crippen LogP contribution in [0.4, 0.5) is 0 Å². The molecule has 0 fully saturated rings. The maximum atomic E-state index is 11.6. The third-order valence-electron chi connectivity index (χ3n) is 2.56. The summed E-state index contributed by atoms with van der Waals surface area (Å²) in [6.45, 7) is 0. The van der Waals surface area contributed by atoms with E-state index < -0.39 is 23.9 Å². The van der Waals surface area contributed by atoms with Gasteiger partial charge in [0.25, 0.3) is 0 Å². The lowest BCUT2D eigenvalue weighted by molar-refractivity contribution is -0.142. The second kappa shape index (κ2) is 7.68. The van der Waals surface area contributed by atoms with Crippen molar-refractivity contribution in [3.8, 4) is 5.75 Å². The van der Waals surface area contributed by atoms with Gasteiger partial charge in [-0.2, -0.15) is 0 Å². The number of nitrogens with one attached hydrogen (secondary N) is 1. The van der Waals surface area contributed by atoms with Gasteiger partial charge in [-0.15, -0.1) is 0 Å². The van der Waals surface area contributed by atoms with Crippen LogP contribution in [0.2, 0.25) is 0 Å². The number of phenols is 1. The van der Waals surface area contributed by atoms with Crippen LogP contribution in [0.15, 0.2) is 30.3 Å². The number of rotatable bonds is 7. The molecule has 7 nitrogen and oxygen atoms in total. The normalized spacial score (nSPS) is 12.0. The lowest BCUT2D eigenvalue weighted by Gasteiger charge is -2.11. The van der Waals surface area contributed by atoms with Crippen molar-refractivity contribution >= 4 is 23.9 Å². The third-order valence-corrected chi connectivity index (χ3v) is 2.56. The number of carboxylic acids is 2. The van der Waals surface area contributed by atoms with Gasteiger partial charge in [-0.25, -0.2) is 4.79 Å². The molecule has 0 aliphatic heterocycles. The van der Waals surface area contributed by atoms with E-state index in [9.17, 15) is 19.5 Å². The van der Waals surface area contributed by atoms with Crippen molar-refractivity contribution < 1.29 is 29.7 Å². The summed E-state index contributed by atoms with van der Waals surface area (Å²) in [7, 11) is 0. The van der Waals surface area contributed by atoms with E-state index in [0.29, 0.717) is 5.56 Å². The van der Waals surface area contributed by atoms with Crippen molar-refractivity contribution in [2.45, 2.75) is 18.9 Å². The summed E-state index contributed by atoms with van der Waals surface area (Å²) in [6, 6.07) is 4.90. The summed E-state index contributed by atoms with van der Waals surface area (Å²) >= 11 is 0. The van der Waals surface area contributed by atoms with Crippen LogP contribution in [0.5, 0.6) is 5.75 Å². The molecule has 1 rings (SSSR count). The van der Waals surface area contributed by atoms with Gasteiger partial charge in [0.05, 0.1) is 0 Å². The highest BCUT2D eigenvalue weighted by atomic mass is 16.4. The average molecular weight is 293 g/mol. The van der Waals surface area contributed by atoms with Crippen molar-refractivity contribution in [2.24, 2.45) is 0 Å². The van der Waals surface area contributed by atoms with Gasteiger partial charge in [-0.1, -0.05) is 12.1 Å². The van der Waals surface area contributed by atoms with Crippen molar-refractivity contribution in [2.75, 3.05) is 0 Å². The van der Waals surface area contributed by atoms with E-state index in [1.165, 1.54) is 18.2 Å². The zero-order chi connectivity index (χ0) is 15.8. The molecule has 0 radical (unpaired) electrons. The van der Waals surface area contributed by atoms with Gasteiger partial charge in [0, 0.05) is 12.5 Å². The van der Waals surface area contributed by atoms with Crippen molar-refractivity contribution in [3.63, 3.8) is 0 Å². The van der Waals surface area contributed by atoms with Crippen molar-refractivity contribution in [1.29, 1.82) is 0 Å². The monoisotopic (exact) mass is 293 g/mol. The minimum Gasteiger partial charge on any atom is -0.508 e. The third kappa shape index (κ3) is 6.24. The molecule has 0 heterocycles. The van der Waals surface area contributed by atoms with E-state index in [0.717, 1.165) is 6.08 Å². The van der Waals surface area contributed by atoms with E-state index in [2.05, 4.69) is 5.32 Å². The van der Waals surface area contributed by atoms with E-state index in [1.54, 1.807) is 12.1 Å². The molecule has 0 saturated carbocycles. The molecule has 1 atom stereocenters. The Kier molecular flexibility index (Phi) is 5.94. The van der Waals surface area contributed by atoms with Gasteiger partial charge in [-0.3, -0.25) is 9.59 Å². The number of benzene rings is 1. The first-order valence-corrected chi connectivity index (χ1v) is 6.10. The van der Waals surface area contributed by atoms with Gasteiger partial charge >= 0.3 is 11.9 Å². The fourth-order valence-corrected chi connectivity index (χ4v) is 1.55. The SMILES string of the molecule is O=C(O)CC[C@H](NC(=O)/C=C/c1cccc(O)c1)C(=O)O. The first-order chi connectivity index (χ1) is 9.88. The zero-order valence-corrected chi connectivity index (χ0v) is 11.0. The van der Waals surface area contributed by atoms with E-state index in [1.807, 2.05) is 0 Å². The number of carbonyl (C=O) groups excluding carboxylic acids is 1. The van der Waals surface area contributed by atoms with Gasteiger partial charge in [-0.05, 0) is 30.2 Å². The Balaban J connectivity index is 2.61. The second-order valence-electron chi connectivity index (χ2n) is 4.26. The molecule has 0 bridgehead atoms. The fourth-order valence-electron chi connectivity index (χ4n) is 1.55. The molecule has 0 unspecified atom stereocenters. The van der Waals surface area contributed by atoms with Crippen LogP contribution in [-0.2, 0) is 14.4 Å². The minimum absolute atomic E-state index is 0.0439. The number of carboxylic acid groups (broad SMARTS) is 2. The maximum Gasteiger partial charge on any atom is 0.326 e. The molecule has 1 aromatic carbocycles. The number of hydrogen-bond acceptors (Lipinski definition) is 4. The summed E-state index contributed by atoms with van der Waals surface area (Å²) < 4.78 is 0. The molecule has 0 saturated heterocycles. The van der Waals surface area contributed by atoms with Crippen LogP contribution in [0, 0.1) is 0 Å². The molecule has 0 aromatic heterocycles. The van der Waals surface area contributed by atoms with Gasteiger partial charge in [0.1, 0.15) is 11.8 Å². The molecule has 0 aliphatic rings. The zero-order valence-electron chi connectivity index (χ0n) is 11.0. The first-order valence-electron chi connectivity index (χ1n) is 6.10. The number of phenolic OH excluding ortho intramolecular Hbond substituents is 1. The van der Waals surface area contributed by atoms with E-state index in [-0.39, 0.29) is 18.6 Å². The molecular formula is C14H15NO6. The summed E-state index contributed by atoms with van der Waals surface area (Å²) in [6.07, 6.45) is 1.97. The van der Waals surface area contributed by atoms with Gasteiger partial charge in [0.2, 0.25) is 5.91 Å². The highest BCUT2D eigenvalue weighted by Crippen LogP contribution is 2.11. The Bertz CT molecular complexity index is 566. The second-order valence-corrected chi connectivity index (χ2v) is 4.26. The van der Waals surface area contributed by atoms with Crippen LogP contribution in [0.25, 0.3) is 6.08 Å². The highest BCUT2D eigenvalue weighted by Gasteiger charge is 2.19. The number of hydrogen-bond donors (Lipinski definition) is 4. The van der Waals surface area contributed by atoms with Gasteiger partial charge in [0.15, 0.2) is 0 Å². The maximum absolute atomic E-state index is 11.6. The molecule has 1 amide bonds. The Hall–Kier alpha value is -2.83. The predicted molar refractivity (Wildman–Crippen MR) is 73.6 cm³/mol. The van der Waals surface area contributed by atoms with Crippen LogP contribution in [-0.4, -0.2) is 39.2 Å².